The number of allylic oxidation sites excluding steroid dienone is 8. The Balaban J connectivity index is 0.0000102. The predicted molar refractivity (Wildman–Crippen MR) is 140 cm³/mol. The van der Waals surface area contributed by atoms with Crippen LogP contribution in [0.4, 0.5) is 0 Å². The maximum atomic E-state index is 11.9. The molecule has 33 heavy (non-hydrogen) atoms. The van der Waals surface area contributed by atoms with E-state index in [1.807, 2.05) is 0 Å². The molecule has 0 fully saturated rings. The van der Waals surface area contributed by atoms with E-state index in [9.17, 15) is 15.0 Å². The van der Waals surface area contributed by atoms with Gasteiger partial charge in [-0.1, -0.05) is 74.4 Å². The van der Waals surface area contributed by atoms with Gasteiger partial charge in [0, 0.05) is 13.0 Å². The fourth-order valence-electron chi connectivity index (χ4n) is 3.10. The van der Waals surface area contributed by atoms with E-state index in [0.29, 0.717) is 19.4 Å². The van der Waals surface area contributed by atoms with Crippen LogP contribution in [-0.2, 0) is 11.2 Å². The maximum Gasteiger partial charge on any atom is 0.220 e. The quantitative estimate of drug-likeness (QED) is 0.114. The van der Waals surface area contributed by atoms with Crippen LogP contribution in [0.25, 0.3) is 0 Å². The van der Waals surface area contributed by atoms with E-state index >= 15 is 0 Å². The van der Waals surface area contributed by atoms with Gasteiger partial charge in [0.25, 0.3) is 0 Å². The Kier molecular flexibility index (Phi) is 19.3. The third kappa shape index (κ3) is 17.4. The first-order valence-corrected chi connectivity index (χ1v) is 12.0. The first-order valence-electron chi connectivity index (χ1n) is 12.0. The highest BCUT2D eigenvalue weighted by Crippen LogP contribution is 2.24. The Labute approximate surface area is 200 Å². The van der Waals surface area contributed by atoms with Gasteiger partial charge in [0.1, 0.15) is 0 Å². The van der Waals surface area contributed by atoms with Crippen LogP contribution in [0.5, 0.6) is 11.5 Å². The molecule has 6 N–H and O–H groups in total. The van der Waals surface area contributed by atoms with E-state index in [4.69, 9.17) is 0 Å². The molecule has 1 amide bonds. The Bertz CT molecular complexity index is 752. The van der Waals surface area contributed by atoms with Crippen LogP contribution in [0.1, 0.15) is 76.7 Å². The summed E-state index contributed by atoms with van der Waals surface area (Å²) in [6.45, 7) is 2.75. The minimum absolute atomic E-state index is 0. The van der Waals surface area contributed by atoms with Gasteiger partial charge >= 0.3 is 0 Å². The lowest BCUT2D eigenvalue weighted by molar-refractivity contribution is -0.121. The number of rotatable bonds is 17. The molecule has 0 aliphatic rings. The van der Waals surface area contributed by atoms with Gasteiger partial charge in [0.2, 0.25) is 5.91 Å². The molecule has 0 radical (unpaired) electrons. The fraction of sp³-hybridized carbons (Fsp3) is 0.464. The van der Waals surface area contributed by atoms with Gasteiger partial charge < -0.3 is 21.7 Å². The topological polar surface area (TPSA) is 105 Å². The van der Waals surface area contributed by atoms with E-state index in [2.05, 4.69) is 60.8 Å². The molecule has 1 aromatic carbocycles. The lowest BCUT2D eigenvalue weighted by Gasteiger charge is -2.06. The summed E-state index contributed by atoms with van der Waals surface area (Å²) in [6.07, 6.45) is 28.5. The Hall–Kier alpha value is -2.79. The number of phenols is 2. The molecule has 0 saturated carbocycles. The van der Waals surface area contributed by atoms with Crippen LogP contribution in [0, 0.1) is 0 Å². The number of hydrogen-bond donors (Lipinski definition) is 4. The average molecular weight is 457 g/mol. The molecule has 184 valence electrons. The number of aromatic hydroxyl groups is 2. The van der Waals surface area contributed by atoms with Crippen molar-refractivity contribution in [3.63, 3.8) is 0 Å². The molecule has 5 heteroatoms. The molecule has 1 rings (SSSR count). The molecular formula is C28H44N2O3. The third-order valence-corrected chi connectivity index (χ3v) is 5.01. The number of hydrogen-bond acceptors (Lipinski definition) is 4. The van der Waals surface area contributed by atoms with Crippen LogP contribution in [-0.4, -0.2) is 22.7 Å². The zero-order valence-electron chi connectivity index (χ0n) is 20.3. The normalized spacial score (nSPS) is 11.7. The highest BCUT2D eigenvalue weighted by atomic mass is 16.3. The van der Waals surface area contributed by atoms with Crippen LogP contribution in [0.15, 0.2) is 66.8 Å². The number of nitrogens with one attached hydrogen (secondary N) is 1. The van der Waals surface area contributed by atoms with Gasteiger partial charge in [-0.05, 0) is 69.1 Å². The summed E-state index contributed by atoms with van der Waals surface area (Å²) >= 11 is 0. The largest absolute Gasteiger partial charge is 0.504 e. The van der Waals surface area contributed by atoms with Crippen LogP contribution in [0.2, 0.25) is 0 Å². The SMILES string of the molecule is CCCCCC=CCC=CCC=CCC=CCCCC(=O)NCCc1ccc(O)c(O)c1.N. The van der Waals surface area contributed by atoms with Crippen molar-refractivity contribution in [2.24, 2.45) is 0 Å². The van der Waals surface area contributed by atoms with Crippen molar-refractivity contribution in [2.45, 2.75) is 77.6 Å². The highest BCUT2D eigenvalue weighted by molar-refractivity contribution is 5.75. The number of benzene rings is 1. The van der Waals surface area contributed by atoms with Crippen molar-refractivity contribution in [3.05, 3.63) is 72.4 Å². The summed E-state index contributed by atoms with van der Waals surface area (Å²) < 4.78 is 0. The molecule has 0 saturated heterocycles. The molecule has 0 bridgehead atoms. The van der Waals surface area contributed by atoms with Crippen molar-refractivity contribution in [1.29, 1.82) is 0 Å². The second-order valence-corrected chi connectivity index (χ2v) is 7.90. The molecule has 0 aliphatic carbocycles. The lowest BCUT2D eigenvalue weighted by Crippen LogP contribution is -2.25. The van der Waals surface area contributed by atoms with Gasteiger partial charge in [0.15, 0.2) is 11.5 Å². The summed E-state index contributed by atoms with van der Waals surface area (Å²) in [6, 6.07) is 4.72. The first-order chi connectivity index (χ1) is 15.6. The second kappa shape index (κ2) is 21.1. The number of amides is 1. The van der Waals surface area contributed by atoms with E-state index in [1.165, 1.54) is 37.8 Å². The lowest BCUT2D eigenvalue weighted by atomic mass is 10.1. The average Bonchev–Trinajstić information content (AvgIpc) is 2.78. The molecule has 1 aromatic rings. The van der Waals surface area contributed by atoms with Crippen molar-refractivity contribution in [2.75, 3.05) is 6.54 Å². The molecule has 0 spiro atoms. The van der Waals surface area contributed by atoms with Gasteiger partial charge in [-0.25, -0.2) is 0 Å². The molecule has 0 unspecified atom stereocenters. The first kappa shape index (κ1) is 30.2. The fourth-order valence-corrected chi connectivity index (χ4v) is 3.10. The van der Waals surface area contributed by atoms with Crippen LogP contribution >= 0.6 is 0 Å². The molecule has 0 aromatic heterocycles. The smallest absolute Gasteiger partial charge is 0.220 e. The Morgan fingerprint density at radius 2 is 1.39 bits per heavy atom. The number of carbonyl (C=O) groups is 1. The van der Waals surface area contributed by atoms with Gasteiger partial charge in [-0.3, -0.25) is 4.79 Å². The summed E-state index contributed by atoms with van der Waals surface area (Å²) in [4.78, 5) is 11.9. The molecular weight excluding hydrogens is 412 g/mol. The standard InChI is InChI=1S/C28H41NO3.H3N/c1-2-3-4-5-6-7-8-9-10-11-12-13-14-15-16-17-18-19-28(32)29-23-22-25-20-21-26(30)27(31)24-25;/h6-7,9-10,12-13,15-16,20-21,24,30-31H,2-5,8,11,14,17-19,22-23H2,1H3,(H,29,32);1H3. The Morgan fingerprint density at radius 3 is 1.97 bits per heavy atom. The predicted octanol–water partition coefficient (Wildman–Crippen LogP) is 7.06. The molecule has 5 nitrogen and oxygen atoms in total. The summed E-state index contributed by atoms with van der Waals surface area (Å²) in [5, 5.41) is 21.7. The van der Waals surface area contributed by atoms with Crippen LogP contribution in [0.3, 0.4) is 0 Å². The van der Waals surface area contributed by atoms with Crippen molar-refractivity contribution < 1.29 is 15.0 Å². The zero-order chi connectivity index (χ0) is 23.3. The zero-order valence-corrected chi connectivity index (χ0v) is 20.3. The van der Waals surface area contributed by atoms with Crippen molar-refractivity contribution >= 4 is 5.91 Å². The molecule has 0 atom stereocenters. The summed E-state index contributed by atoms with van der Waals surface area (Å²) in [5.74, 6) is -0.216. The van der Waals surface area contributed by atoms with Crippen molar-refractivity contribution in [1.82, 2.24) is 11.5 Å². The maximum absolute atomic E-state index is 11.9. The highest BCUT2D eigenvalue weighted by Gasteiger charge is 2.03. The number of phenolic OH excluding ortho intramolecular Hbond substituents is 2. The van der Waals surface area contributed by atoms with Crippen molar-refractivity contribution in [3.8, 4) is 11.5 Å². The van der Waals surface area contributed by atoms with Crippen LogP contribution < -0.4 is 11.5 Å². The van der Waals surface area contributed by atoms with E-state index in [1.54, 1.807) is 6.07 Å². The number of unbranched alkanes of at least 4 members (excludes halogenated alkanes) is 4. The van der Waals surface area contributed by atoms with Gasteiger partial charge in [-0.2, -0.15) is 0 Å². The molecule has 0 aliphatic heterocycles. The third-order valence-electron chi connectivity index (χ3n) is 5.01. The second-order valence-electron chi connectivity index (χ2n) is 7.90. The van der Waals surface area contributed by atoms with Gasteiger partial charge in [-0.15, -0.1) is 0 Å². The van der Waals surface area contributed by atoms with Gasteiger partial charge in [0.05, 0.1) is 0 Å². The molecule has 0 heterocycles. The Morgan fingerprint density at radius 1 is 0.818 bits per heavy atom. The minimum atomic E-state index is -0.132. The number of carbonyl (C=O) groups excluding carboxylic acids is 1. The summed E-state index contributed by atoms with van der Waals surface area (Å²) in [7, 11) is 0. The van der Waals surface area contributed by atoms with E-state index in [-0.39, 0.29) is 23.6 Å². The van der Waals surface area contributed by atoms with E-state index in [0.717, 1.165) is 37.7 Å². The van der Waals surface area contributed by atoms with E-state index < -0.39 is 0 Å². The monoisotopic (exact) mass is 456 g/mol. The summed E-state index contributed by atoms with van der Waals surface area (Å²) in [5.41, 5.74) is 0.877. The minimum Gasteiger partial charge on any atom is -0.504 e.